The van der Waals surface area contributed by atoms with Gasteiger partial charge in [-0.1, -0.05) is 41.5 Å². The Balaban J connectivity index is 1.69. The lowest BCUT2D eigenvalue weighted by Crippen LogP contribution is -2.58. The zero-order valence-electron chi connectivity index (χ0n) is 19.2. The van der Waals surface area contributed by atoms with E-state index in [0.29, 0.717) is 11.2 Å². The number of aromatic nitrogens is 4. The first-order valence-electron chi connectivity index (χ1n) is 10.9. The van der Waals surface area contributed by atoms with Crippen molar-refractivity contribution in [3.63, 3.8) is 0 Å². The van der Waals surface area contributed by atoms with E-state index in [-0.39, 0.29) is 34.3 Å². The molecule has 0 unspecified atom stereocenters. The van der Waals surface area contributed by atoms with E-state index in [1.165, 1.54) is 6.33 Å². The molecule has 2 aliphatic rings. The van der Waals surface area contributed by atoms with Gasteiger partial charge >= 0.3 is 17.8 Å². The minimum absolute atomic E-state index is 0.00168. The average molecular weight is 501 g/mol. The summed E-state index contributed by atoms with van der Waals surface area (Å²) in [6.07, 6.45) is -1.31. The molecule has 2 aromatic rings. The molecule has 2 aromatic heterocycles. The van der Waals surface area contributed by atoms with Crippen LogP contribution in [0.2, 0.25) is 21.9 Å². The molecule has 0 spiro atoms. The van der Waals surface area contributed by atoms with Gasteiger partial charge in [-0.15, -0.1) is 0 Å². The van der Waals surface area contributed by atoms with Crippen molar-refractivity contribution in [3.05, 3.63) is 11.6 Å². The summed E-state index contributed by atoms with van der Waals surface area (Å²) in [4.78, 5) is 12.5. The molecule has 0 amide bonds. The summed E-state index contributed by atoms with van der Waals surface area (Å²) in [6.45, 7) is 13.0. The Morgan fingerprint density at radius 1 is 1.22 bits per heavy atom. The summed E-state index contributed by atoms with van der Waals surface area (Å²) in [7, 11) is -4.34. The zero-order chi connectivity index (χ0) is 23.4. The maximum absolute atomic E-state index is 11.2. The number of nitrogens with zero attached hydrogens (tertiary/aromatic N) is 4. The van der Waals surface area contributed by atoms with Gasteiger partial charge in [-0.05, 0) is 28.2 Å². The van der Waals surface area contributed by atoms with Gasteiger partial charge in [0.2, 0.25) is 5.28 Å². The molecule has 32 heavy (non-hydrogen) atoms. The molecule has 3 N–H and O–H groups in total. The van der Waals surface area contributed by atoms with Crippen LogP contribution in [0.1, 0.15) is 47.8 Å². The predicted octanol–water partition coefficient (Wildman–Crippen LogP) is 2.91. The summed E-state index contributed by atoms with van der Waals surface area (Å²) in [5.41, 5.74) is 7.36. The van der Waals surface area contributed by atoms with Crippen molar-refractivity contribution in [2.45, 2.75) is 82.7 Å². The number of aliphatic hydroxyl groups is 1. The van der Waals surface area contributed by atoms with Gasteiger partial charge in [-0.2, -0.15) is 9.97 Å². The number of nitrogen functional groups attached to an aromatic ring is 1. The van der Waals surface area contributed by atoms with Crippen LogP contribution in [0.5, 0.6) is 0 Å². The number of anilines is 1. The Labute approximate surface area is 195 Å². The second-order valence-corrected chi connectivity index (χ2v) is 16.5. The molecule has 2 aliphatic heterocycles. The van der Waals surface area contributed by atoms with Crippen LogP contribution in [0.4, 0.5) is 5.82 Å². The van der Waals surface area contributed by atoms with Gasteiger partial charge in [0.15, 0.2) is 17.7 Å². The molecule has 13 heteroatoms. The number of ether oxygens (including phenoxy) is 1. The summed E-state index contributed by atoms with van der Waals surface area (Å²) in [6, 6.07) is 0. The van der Waals surface area contributed by atoms with E-state index >= 15 is 0 Å². The molecule has 2 fully saturated rings. The predicted molar refractivity (Wildman–Crippen MR) is 123 cm³/mol. The third-order valence-electron chi connectivity index (χ3n) is 6.07. The number of hydrogen-bond donors (Lipinski definition) is 2. The lowest BCUT2D eigenvalue weighted by atomic mass is 10.1. The molecule has 4 atom stereocenters. The molecule has 0 saturated carbocycles. The molecular formula is C19H31ClN5O5Si2. The molecular weight excluding hydrogens is 470 g/mol. The number of nitrogens with two attached hydrogens (primary N) is 1. The van der Waals surface area contributed by atoms with Gasteiger partial charge in [-0.3, -0.25) is 4.57 Å². The summed E-state index contributed by atoms with van der Waals surface area (Å²) in [5, 5.41) is 11.2. The van der Waals surface area contributed by atoms with Crippen LogP contribution in [0.15, 0.2) is 6.33 Å². The second kappa shape index (κ2) is 8.91. The Kier molecular flexibility index (Phi) is 6.69. The van der Waals surface area contributed by atoms with Crippen molar-refractivity contribution in [1.29, 1.82) is 0 Å². The van der Waals surface area contributed by atoms with Gasteiger partial charge < -0.3 is 28.5 Å². The molecule has 4 rings (SSSR count). The van der Waals surface area contributed by atoms with Crippen molar-refractivity contribution in [3.8, 4) is 0 Å². The van der Waals surface area contributed by atoms with Crippen LogP contribution in [0, 0.1) is 0 Å². The molecule has 0 bridgehead atoms. The summed E-state index contributed by atoms with van der Waals surface area (Å²) in [5.74, 6) is 0.167. The van der Waals surface area contributed by atoms with E-state index in [2.05, 4.69) is 56.5 Å². The Hall–Kier alpha value is -1.13. The van der Waals surface area contributed by atoms with E-state index < -0.39 is 42.4 Å². The van der Waals surface area contributed by atoms with Gasteiger partial charge in [0.1, 0.15) is 23.8 Å². The SMILES string of the molecule is CC(C)[Si]1O[C@H]2[C@@H](O)[C@H](n3cnc4c(N)nc(Cl)nc43)O[C@@H]2CO[Si](C(C)C)(C(C)C)O1. The summed E-state index contributed by atoms with van der Waals surface area (Å²) < 4.78 is 27.6. The highest BCUT2D eigenvalue weighted by Crippen LogP contribution is 2.42. The average Bonchev–Trinajstić information content (AvgIpc) is 3.22. The Morgan fingerprint density at radius 2 is 1.91 bits per heavy atom. The van der Waals surface area contributed by atoms with E-state index in [4.69, 9.17) is 35.0 Å². The smallest absolute Gasteiger partial charge is 0.378 e. The fraction of sp³-hybridized carbons (Fsp3) is 0.737. The van der Waals surface area contributed by atoms with Crippen LogP contribution < -0.4 is 5.73 Å². The molecule has 10 nitrogen and oxygen atoms in total. The van der Waals surface area contributed by atoms with Gasteiger partial charge in [0.25, 0.3) is 0 Å². The van der Waals surface area contributed by atoms with Crippen LogP contribution in [-0.4, -0.2) is 67.4 Å². The zero-order valence-corrected chi connectivity index (χ0v) is 21.9. The first-order valence-corrected chi connectivity index (χ1v) is 14.6. The van der Waals surface area contributed by atoms with E-state index in [0.717, 1.165) is 0 Å². The fourth-order valence-electron chi connectivity index (χ4n) is 4.37. The van der Waals surface area contributed by atoms with Crippen molar-refractivity contribution >= 4 is 46.4 Å². The van der Waals surface area contributed by atoms with Crippen LogP contribution in [0.25, 0.3) is 11.2 Å². The van der Waals surface area contributed by atoms with Gasteiger partial charge in [-0.25, -0.2) is 4.98 Å². The number of aliphatic hydroxyl groups excluding tert-OH is 1. The first kappa shape index (κ1) is 24.0. The third kappa shape index (κ3) is 4.00. The highest BCUT2D eigenvalue weighted by molar-refractivity contribution is 6.76. The van der Waals surface area contributed by atoms with Crippen LogP contribution >= 0.6 is 11.6 Å². The molecule has 0 aliphatic carbocycles. The normalized spacial score (nSPS) is 29.1. The number of fused-ring (bicyclic) bond motifs is 2. The quantitative estimate of drug-likeness (QED) is 0.481. The molecule has 4 heterocycles. The summed E-state index contributed by atoms with van der Waals surface area (Å²) >= 11 is 6.01. The minimum Gasteiger partial charge on any atom is -0.413 e. The van der Waals surface area contributed by atoms with Crippen molar-refractivity contribution in [2.24, 2.45) is 0 Å². The van der Waals surface area contributed by atoms with Crippen LogP contribution in [0.3, 0.4) is 0 Å². The number of halogens is 1. The minimum atomic E-state index is -2.59. The third-order valence-corrected chi connectivity index (χ3v) is 13.6. The highest BCUT2D eigenvalue weighted by atomic mass is 35.5. The first-order chi connectivity index (χ1) is 15.0. The molecule has 2 saturated heterocycles. The number of imidazole rings is 1. The van der Waals surface area contributed by atoms with E-state index in [9.17, 15) is 5.11 Å². The van der Waals surface area contributed by atoms with Crippen molar-refractivity contribution < 1.29 is 22.8 Å². The van der Waals surface area contributed by atoms with Gasteiger partial charge in [0.05, 0.1) is 12.9 Å². The number of hydrogen-bond acceptors (Lipinski definition) is 9. The van der Waals surface area contributed by atoms with Crippen LogP contribution in [-0.2, 0) is 17.7 Å². The van der Waals surface area contributed by atoms with Gasteiger partial charge in [0, 0.05) is 0 Å². The molecule has 177 valence electrons. The monoisotopic (exact) mass is 500 g/mol. The maximum Gasteiger partial charge on any atom is 0.378 e. The van der Waals surface area contributed by atoms with Crippen molar-refractivity contribution in [2.75, 3.05) is 12.3 Å². The standard InChI is InChI=1S/C19H31ClN5O5Si2/c1-9(2)31-29-15-12(7-27-32(30-31,10(3)4)11(5)6)28-18(14(15)26)25-8-22-13-16(21)23-19(20)24-17(13)25/h8-12,14-15,18,26H,7H2,1-6H3,(H2,21,23,24)/t12-,14-,15-,18-/m1/s1. The molecule has 1 radical (unpaired) electrons. The van der Waals surface area contributed by atoms with E-state index in [1.54, 1.807) is 4.57 Å². The second-order valence-electron chi connectivity index (χ2n) is 9.26. The number of rotatable bonds is 4. The van der Waals surface area contributed by atoms with E-state index in [1.807, 2.05) is 0 Å². The lowest BCUT2D eigenvalue weighted by molar-refractivity contribution is -0.0549. The van der Waals surface area contributed by atoms with Crippen molar-refractivity contribution in [1.82, 2.24) is 19.5 Å². The Bertz CT molecular complexity index is 969. The molecule has 0 aromatic carbocycles. The Morgan fingerprint density at radius 3 is 2.53 bits per heavy atom. The topological polar surface area (TPSA) is 127 Å². The fourth-order valence-corrected chi connectivity index (χ4v) is 12.3. The maximum atomic E-state index is 11.2. The lowest BCUT2D eigenvalue weighted by Gasteiger charge is -2.43. The highest BCUT2D eigenvalue weighted by Gasteiger charge is 2.55. The largest absolute Gasteiger partial charge is 0.413 e.